The second kappa shape index (κ2) is 4.88. The molecule has 19 heavy (non-hydrogen) atoms. The quantitative estimate of drug-likeness (QED) is 0.778. The first-order valence-electron chi connectivity index (χ1n) is 6.71. The van der Waals surface area contributed by atoms with Gasteiger partial charge in [0, 0.05) is 35.7 Å². The van der Waals surface area contributed by atoms with E-state index in [1.54, 1.807) is 0 Å². The molecule has 4 nitrogen and oxygen atoms in total. The summed E-state index contributed by atoms with van der Waals surface area (Å²) in [6, 6.07) is 6.45. The van der Waals surface area contributed by atoms with E-state index < -0.39 is 0 Å². The molecular weight excluding hydrogens is 236 g/mol. The highest BCUT2D eigenvalue weighted by Gasteiger charge is 2.04. The molecule has 0 unspecified atom stereocenters. The molecule has 4 heteroatoms. The van der Waals surface area contributed by atoms with Crippen molar-refractivity contribution in [2.24, 2.45) is 0 Å². The monoisotopic (exact) mass is 254 g/mol. The fourth-order valence-electron chi connectivity index (χ4n) is 2.46. The van der Waals surface area contributed by atoms with E-state index in [2.05, 4.69) is 47.1 Å². The molecule has 0 aromatic carbocycles. The number of nitrogens with zero attached hydrogens (tertiary/aromatic N) is 3. The zero-order valence-electron chi connectivity index (χ0n) is 11.3. The lowest BCUT2D eigenvalue weighted by atomic mass is 10.1. The van der Waals surface area contributed by atoms with Gasteiger partial charge in [-0.15, -0.1) is 0 Å². The first-order valence-corrected chi connectivity index (χ1v) is 6.71. The molecule has 3 aromatic rings. The average molecular weight is 254 g/mol. The van der Waals surface area contributed by atoms with E-state index in [1.807, 2.05) is 17.1 Å². The molecule has 3 aromatic heterocycles. The summed E-state index contributed by atoms with van der Waals surface area (Å²) < 4.78 is 2.05. The Morgan fingerprint density at radius 2 is 2.16 bits per heavy atom. The highest BCUT2D eigenvalue weighted by atomic mass is 15.3. The number of aromatic amines is 1. The molecule has 0 spiro atoms. The first kappa shape index (κ1) is 12.0. The Labute approximate surface area is 112 Å². The lowest BCUT2D eigenvalue weighted by Crippen LogP contribution is -2.04. The zero-order chi connectivity index (χ0) is 13.2. The molecule has 0 saturated carbocycles. The van der Waals surface area contributed by atoms with Gasteiger partial charge in [0.05, 0.1) is 0 Å². The lowest BCUT2D eigenvalue weighted by Gasteiger charge is -2.04. The molecule has 98 valence electrons. The fourth-order valence-corrected chi connectivity index (χ4v) is 2.46. The molecule has 0 bridgehead atoms. The van der Waals surface area contributed by atoms with Gasteiger partial charge in [0.2, 0.25) is 0 Å². The summed E-state index contributed by atoms with van der Waals surface area (Å²) in [6.45, 7) is 5.10. The molecule has 1 N–H and O–H groups in total. The number of hydrogen-bond donors (Lipinski definition) is 1. The normalized spacial score (nSPS) is 11.3. The van der Waals surface area contributed by atoms with Crippen molar-refractivity contribution >= 4 is 11.0 Å². The van der Waals surface area contributed by atoms with Gasteiger partial charge in [0.1, 0.15) is 5.65 Å². The van der Waals surface area contributed by atoms with Gasteiger partial charge >= 0.3 is 0 Å². The number of aryl methyl sites for hydroxylation is 4. The van der Waals surface area contributed by atoms with Crippen LogP contribution in [0.2, 0.25) is 0 Å². The van der Waals surface area contributed by atoms with Crippen LogP contribution in [0.25, 0.3) is 11.0 Å². The van der Waals surface area contributed by atoms with Gasteiger partial charge in [0.15, 0.2) is 0 Å². The van der Waals surface area contributed by atoms with Gasteiger partial charge in [-0.2, -0.15) is 5.10 Å². The van der Waals surface area contributed by atoms with Crippen LogP contribution in [0.5, 0.6) is 0 Å². The van der Waals surface area contributed by atoms with Gasteiger partial charge in [-0.3, -0.25) is 4.68 Å². The van der Waals surface area contributed by atoms with Gasteiger partial charge in [-0.25, -0.2) is 4.98 Å². The number of hydrogen-bond acceptors (Lipinski definition) is 2. The molecule has 0 radical (unpaired) electrons. The third kappa shape index (κ3) is 2.38. The topological polar surface area (TPSA) is 46.5 Å². The second-order valence-corrected chi connectivity index (χ2v) is 4.87. The minimum Gasteiger partial charge on any atom is -0.344 e. The number of fused-ring (bicyclic) bond motifs is 1. The Bertz CT molecular complexity index is 693. The Morgan fingerprint density at radius 3 is 3.00 bits per heavy atom. The van der Waals surface area contributed by atoms with Crippen molar-refractivity contribution in [1.82, 2.24) is 19.7 Å². The van der Waals surface area contributed by atoms with E-state index in [0.717, 1.165) is 30.7 Å². The second-order valence-electron chi connectivity index (χ2n) is 4.87. The van der Waals surface area contributed by atoms with Crippen molar-refractivity contribution in [3.63, 3.8) is 0 Å². The molecule has 3 heterocycles. The van der Waals surface area contributed by atoms with Crippen LogP contribution in [0.4, 0.5) is 0 Å². The fraction of sp³-hybridized carbons (Fsp3) is 0.333. The predicted molar refractivity (Wildman–Crippen MR) is 76.1 cm³/mol. The smallest absolute Gasteiger partial charge is 0.137 e. The van der Waals surface area contributed by atoms with Crippen LogP contribution in [0.3, 0.4) is 0 Å². The third-order valence-corrected chi connectivity index (χ3v) is 3.44. The number of aromatic nitrogens is 4. The Balaban J connectivity index is 1.78. The van der Waals surface area contributed by atoms with Gasteiger partial charge in [-0.1, -0.05) is 0 Å². The van der Waals surface area contributed by atoms with E-state index in [0.29, 0.717) is 0 Å². The molecular formula is C15H18N4. The van der Waals surface area contributed by atoms with Crippen LogP contribution >= 0.6 is 0 Å². The Morgan fingerprint density at radius 1 is 1.26 bits per heavy atom. The summed E-state index contributed by atoms with van der Waals surface area (Å²) in [4.78, 5) is 7.71. The maximum absolute atomic E-state index is 4.47. The minimum absolute atomic E-state index is 0.927. The van der Waals surface area contributed by atoms with Crippen LogP contribution in [0.1, 0.15) is 23.9 Å². The number of nitrogens with one attached hydrogen (secondary N) is 1. The zero-order valence-corrected chi connectivity index (χ0v) is 11.3. The lowest BCUT2D eigenvalue weighted by molar-refractivity contribution is 0.618. The molecule has 0 aliphatic carbocycles. The molecule has 0 fully saturated rings. The Kier molecular flexibility index (Phi) is 3.07. The van der Waals surface area contributed by atoms with Crippen molar-refractivity contribution in [2.45, 2.75) is 33.2 Å². The van der Waals surface area contributed by atoms with E-state index in [4.69, 9.17) is 0 Å². The van der Waals surface area contributed by atoms with Crippen LogP contribution in [0.15, 0.2) is 30.6 Å². The van der Waals surface area contributed by atoms with E-state index in [9.17, 15) is 0 Å². The largest absolute Gasteiger partial charge is 0.344 e. The number of pyridine rings is 1. The highest BCUT2D eigenvalue weighted by Crippen LogP contribution is 2.15. The molecule has 3 rings (SSSR count). The highest BCUT2D eigenvalue weighted by molar-refractivity contribution is 5.76. The van der Waals surface area contributed by atoms with Crippen molar-refractivity contribution < 1.29 is 0 Å². The van der Waals surface area contributed by atoms with Gasteiger partial charge in [0.25, 0.3) is 0 Å². The van der Waals surface area contributed by atoms with E-state index in [1.165, 1.54) is 16.6 Å². The maximum atomic E-state index is 4.47. The molecule has 0 aliphatic heterocycles. The summed E-state index contributed by atoms with van der Waals surface area (Å²) in [5, 5.41) is 5.49. The van der Waals surface area contributed by atoms with Crippen LogP contribution in [-0.2, 0) is 19.4 Å². The molecule has 0 atom stereocenters. The maximum Gasteiger partial charge on any atom is 0.137 e. The summed E-state index contributed by atoms with van der Waals surface area (Å²) in [6.07, 6.45) is 5.84. The summed E-state index contributed by atoms with van der Waals surface area (Å²) in [5.74, 6) is 0. The van der Waals surface area contributed by atoms with Crippen LogP contribution < -0.4 is 0 Å². The van der Waals surface area contributed by atoms with Gasteiger partial charge in [-0.05, 0) is 50.5 Å². The van der Waals surface area contributed by atoms with Crippen LogP contribution in [-0.4, -0.2) is 19.7 Å². The minimum atomic E-state index is 0.927. The summed E-state index contributed by atoms with van der Waals surface area (Å²) >= 11 is 0. The van der Waals surface area contributed by atoms with Crippen molar-refractivity contribution in [1.29, 1.82) is 0 Å². The van der Waals surface area contributed by atoms with Crippen molar-refractivity contribution in [2.75, 3.05) is 0 Å². The van der Waals surface area contributed by atoms with Crippen molar-refractivity contribution in [3.05, 3.63) is 47.5 Å². The SMILES string of the molecule is CCn1nccc1CCc1cnc2[nH]c(C)cc2c1. The molecule has 0 amide bonds. The predicted octanol–water partition coefficient (Wildman–Crippen LogP) is 2.87. The third-order valence-electron chi connectivity index (χ3n) is 3.44. The van der Waals surface area contributed by atoms with Gasteiger partial charge < -0.3 is 4.98 Å². The van der Waals surface area contributed by atoms with E-state index in [-0.39, 0.29) is 0 Å². The van der Waals surface area contributed by atoms with E-state index >= 15 is 0 Å². The molecule has 0 aliphatic rings. The van der Waals surface area contributed by atoms with Crippen LogP contribution in [0, 0.1) is 6.92 Å². The van der Waals surface area contributed by atoms with Crippen molar-refractivity contribution in [3.8, 4) is 0 Å². The first-order chi connectivity index (χ1) is 9.26. The molecule has 0 saturated heterocycles. The Hall–Kier alpha value is -2.10. The summed E-state index contributed by atoms with van der Waals surface area (Å²) in [5.41, 5.74) is 4.69. The number of H-pyrrole nitrogens is 1. The standard InChI is InChI=1S/C15H18N4/c1-3-19-14(6-7-17-19)5-4-12-9-13-8-11(2)18-15(13)16-10-12/h6-10H,3-5H2,1-2H3,(H,16,18). The summed E-state index contributed by atoms with van der Waals surface area (Å²) in [7, 11) is 0. The number of rotatable bonds is 4. The average Bonchev–Trinajstić information content (AvgIpc) is 3.00.